The predicted molar refractivity (Wildman–Crippen MR) is 93.1 cm³/mol. The summed E-state index contributed by atoms with van der Waals surface area (Å²) in [6.45, 7) is 13.9. The molecular formula is C19H24OSi. The van der Waals surface area contributed by atoms with E-state index in [0.29, 0.717) is 0 Å². The Balaban J connectivity index is 2.29. The molecule has 0 fully saturated rings. The van der Waals surface area contributed by atoms with Gasteiger partial charge in [0.2, 0.25) is 0 Å². The zero-order chi connectivity index (χ0) is 15.4. The van der Waals surface area contributed by atoms with Gasteiger partial charge in [-0.2, -0.15) is 0 Å². The maximum Gasteiger partial charge on any atom is 0.127 e. The van der Waals surface area contributed by atoms with Crippen molar-refractivity contribution in [1.82, 2.24) is 0 Å². The first-order chi connectivity index (χ1) is 9.71. The van der Waals surface area contributed by atoms with Crippen LogP contribution in [0.15, 0.2) is 36.4 Å². The van der Waals surface area contributed by atoms with Crippen LogP contribution in [0.5, 0.6) is 11.5 Å². The molecule has 0 saturated heterocycles. The molecule has 0 aromatic heterocycles. The topological polar surface area (TPSA) is 9.23 Å². The van der Waals surface area contributed by atoms with Crippen molar-refractivity contribution in [2.45, 2.75) is 46.2 Å². The van der Waals surface area contributed by atoms with Crippen molar-refractivity contribution >= 4 is 18.4 Å². The molecule has 1 aliphatic rings. The standard InChI is InChI=1S/C19H24OSi/c1-13-10-11-17-16(12-13)20-15-9-7-8-14(19(2,3)4)18(15)21(17,5)6/h7-12H,1-6H3. The van der Waals surface area contributed by atoms with Crippen molar-refractivity contribution < 1.29 is 4.74 Å². The first-order valence-electron chi connectivity index (χ1n) is 7.64. The summed E-state index contributed by atoms with van der Waals surface area (Å²) in [4.78, 5) is 0. The minimum absolute atomic E-state index is 0.140. The highest BCUT2D eigenvalue weighted by atomic mass is 28.3. The van der Waals surface area contributed by atoms with Crippen LogP contribution in [-0.4, -0.2) is 8.07 Å². The number of hydrogen-bond donors (Lipinski definition) is 0. The Hall–Kier alpha value is -1.54. The van der Waals surface area contributed by atoms with E-state index in [9.17, 15) is 0 Å². The highest BCUT2D eigenvalue weighted by molar-refractivity contribution is 7.02. The Morgan fingerprint density at radius 2 is 1.67 bits per heavy atom. The number of benzene rings is 2. The monoisotopic (exact) mass is 296 g/mol. The lowest BCUT2D eigenvalue weighted by Crippen LogP contribution is -2.58. The zero-order valence-electron chi connectivity index (χ0n) is 13.9. The van der Waals surface area contributed by atoms with Crippen LogP contribution >= 0.6 is 0 Å². The number of fused-ring (bicyclic) bond motifs is 2. The van der Waals surface area contributed by atoms with Crippen molar-refractivity contribution in [2.75, 3.05) is 0 Å². The Bertz CT molecular complexity index is 708. The second-order valence-corrected chi connectivity index (χ2v) is 11.9. The smallest absolute Gasteiger partial charge is 0.127 e. The van der Waals surface area contributed by atoms with Crippen molar-refractivity contribution in [3.63, 3.8) is 0 Å². The summed E-state index contributed by atoms with van der Waals surface area (Å²) in [6, 6.07) is 13.2. The fourth-order valence-corrected chi connectivity index (χ4v) is 6.76. The molecule has 21 heavy (non-hydrogen) atoms. The van der Waals surface area contributed by atoms with Gasteiger partial charge in [0, 0.05) is 0 Å². The van der Waals surface area contributed by atoms with Gasteiger partial charge < -0.3 is 4.74 Å². The fourth-order valence-electron chi connectivity index (χ4n) is 3.37. The quantitative estimate of drug-likeness (QED) is 0.661. The van der Waals surface area contributed by atoms with Gasteiger partial charge in [-0.3, -0.25) is 0 Å². The molecule has 2 aromatic rings. The van der Waals surface area contributed by atoms with Gasteiger partial charge in [-0.15, -0.1) is 0 Å². The number of aryl methyl sites for hydroxylation is 1. The van der Waals surface area contributed by atoms with Crippen molar-refractivity contribution in [3.8, 4) is 11.5 Å². The van der Waals surface area contributed by atoms with Crippen LogP contribution in [0.3, 0.4) is 0 Å². The van der Waals surface area contributed by atoms with Gasteiger partial charge in [-0.1, -0.05) is 58.1 Å². The Kier molecular flexibility index (Phi) is 3.07. The molecule has 0 saturated carbocycles. The van der Waals surface area contributed by atoms with Crippen LogP contribution < -0.4 is 15.1 Å². The summed E-state index contributed by atoms with van der Waals surface area (Å²) in [7, 11) is -1.73. The normalized spacial score (nSPS) is 15.9. The van der Waals surface area contributed by atoms with E-state index in [2.05, 4.69) is 77.2 Å². The third-order valence-corrected chi connectivity index (χ3v) is 8.02. The molecule has 3 rings (SSSR count). The minimum Gasteiger partial charge on any atom is -0.458 e. The fraction of sp³-hybridized carbons (Fsp3) is 0.368. The SMILES string of the molecule is Cc1ccc2c(c1)Oc1cccc(C(C)(C)C)c1[Si]2(C)C. The van der Waals surface area contributed by atoms with E-state index in [-0.39, 0.29) is 5.41 Å². The van der Waals surface area contributed by atoms with Crippen LogP contribution in [0.4, 0.5) is 0 Å². The molecule has 0 atom stereocenters. The van der Waals surface area contributed by atoms with Crippen LogP contribution in [-0.2, 0) is 5.41 Å². The van der Waals surface area contributed by atoms with Gasteiger partial charge in [-0.05, 0) is 46.0 Å². The molecule has 0 bridgehead atoms. The molecule has 2 heteroatoms. The number of ether oxygens (including phenoxy) is 1. The van der Waals surface area contributed by atoms with E-state index < -0.39 is 8.07 Å². The maximum absolute atomic E-state index is 6.26. The van der Waals surface area contributed by atoms with Crippen LogP contribution in [0, 0.1) is 6.92 Å². The van der Waals surface area contributed by atoms with E-state index in [0.717, 1.165) is 11.5 Å². The number of hydrogen-bond acceptors (Lipinski definition) is 1. The van der Waals surface area contributed by atoms with E-state index in [1.165, 1.54) is 21.5 Å². The average molecular weight is 296 g/mol. The Morgan fingerprint density at radius 3 is 2.33 bits per heavy atom. The lowest BCUT2D eigenvalue weighted by Gasteiger charge is -2.37. The van der Waals surface area contributed by atoms with Gasteiger partial charge in [0.05, 0.1) is 0 Å². The molecule has 0 unspecified atom stereocenters. The molecule has 0 aliphatic carbocycles. The van der Waals surface area contributed by atoms with E-state index >= 15 is 0 Å². The van der Waals surface area contributed by atoms with Gasteiger partial charge >= 0.3 is 0 Å². The second kappa shape index (κ2) is 4.47. The molecule has 0 spiro atoms. The lowest BCUT2D eigenvalue weighted by molar-refractivity contribution is 0.482. The van der Waals surface area contributed by atoms with Gasteiger partial charge in [0.15, 0.2) is 0 Å². The van der Waals surface area contributed by atoms with Crippen molar-refractivity contribution in [3.05, 3.63) is 47.5 Å². The highest BCUT2D eigenvalue weighted by Crippen LogP contribution is 2.34. The molecule has 0 radical (unpaired) electrons. The predicted octanol–water partition coefficient (Wildman–Crippen LogP) is 4.22. The van der Waals surface area contributed by atoms with E-state index in [4.69, 9.17) is 4.74 Å². The van der Waals surface area contributed by atoms with Crippen LogP contribution in [0.25, 0.3) is 0 Å². The summed E-state index contributed by atoms with van der Waals surface area (Å²) in [5.41, 5.74) is 2.83. The maximum atomic E-state index is 6.26. The van der Waals surface area contributed by atoms with Gasteiger partial charge in [-0.25, -0.2) is 0 Å². The third-order valence-electron chi connectivity index (χ3n) is 4.49. The zero-order valence-corrected chi connectivity index (χ0v) is 14.9. The molecule has 1 nitrogen and oxygen atoms in total. The van der Waals surface area contributed by atoms with E-state index in [1.54, 1.807) is 0 Å². The Labute approximate surface area is 129 Å². The van der Waals surface area contributed by atoms with Gasteiger partial charge in [0.1, 0.15) is 19.6 Å². The summed E-state index contributed by atoms with van der Waals surface area (Å²) in [5.74, 6) is 2.13. The average Bonchev–Trinajstić information content (AvgIpc) is 2.36. The first kappa shape index (κ1) is 14.4. The number of rotatable bonds is 0. The molecule has 110 valence electrons. The van der Waals surface area contributed by atoms with Crippen molar-refractivity contribution in [2.24, 2.45) is 0 Å². The summed E-state index contributed by atoms with van der Waals surface area (Å²) in [5, 5.41) is 2.88. The molecule has 1 heterocycles. The summed E-state index contributed by atoms with van der Waals surface area (Å²) >= 11 is 0. The van der Waals surface area contributed by atoms with Crippen LogP contribution in [0.2, 0.25) is 13.1 Å². The lowest BCUT2D eigenvalue weighted by atomic mass is 9.87. The largest absolute Gasteiger partial charge is 0.458 e. The summed E-state index contributed by atoms with van der Waals surface area (Å²) < 4.78 is 6.26. The van der Waals surface area contributed by atoms with E-state index in [1.807, 2.05) is 0 Å². The van der Waals surface area contributed by atoms with Gasteiger partial charge in [0.25, 0.3) is 0 Å². The van der Waals surface area contributed by atoms with Crippen LogP contribution in [0.1, 0.15) is 31.9 Å². The van der Waals surface area contributed by atoms with Crippen molar-refractivity contribution in [1.29, 1.82) is 0 Å². The summed E-state index contributed by atoms with van der Waals surface area (Å²) in [6.07, 6.45) is 0. The molecule has 0 amide bonds. The molecule has 2 aromatic carbocycles. The Morgan fingerprint density at radius 1 is 0.952 bits per heavy atom. The third kappa shape index (κ3) is 2.22. The minimum atomic E-state index is -1.73. The second-order valence-electron chi connectivity index (χ2n) is 7.66. The molecule has 0 N–H and O–H groups in total. The highest BCUT2D eigenvalue weighted by Gasteiger charge is 2.39. The molecule has 1 aliphatic heterocycles. The molecular weight excluding hydrogens is 272 g/mol. The first-order valence-corrected chi connectivity index (χ1v) is 10.6.